The summed E-state index contributed by atoms with van der Waals surface area (Å²) in [6.07, 6.45) is 7.05. The Morgan fingerprint density at radius 2 is 2.29 bits per heavy atom. The third-order valence-electron chi connectivity index (χ3n) is 5.53. The molecule has 0 saturated carbocycles. The summed E-state index contributed by atoms with van der Waals surface area (Å²) < 4.78 is 17.5. The van der Waals surface area contributed by atoms with Crippen molar-refractivity contribution < 1.29 is 18.8 Å². The van der Waals surface area contributed by atoms with Crippen LogP contribution in [0.4, 0.5) is 0 Å². The molecule has 0 unspecified atom stereocenters. The number of carbonyl (C=O) groups excluding carboxylic acids is 1. The normalized spacial score (nSPS) is 20.9. The molecule has 0 radical (unpaired) electrons. The van der Waals surface area contributed by atoms with Crippen LogP contribution in [0, 0.1) is 6.92 Å². The van der Waals surface area contributed by atoms with Crippen LogP contribution in [0.2, 0.25) is 0 Å². The van der Waals surface area contributed by atoms with E-state index in [9.17, 15) is 4.79 Å². The van der Waals surface area contributed by atoms with Crippen LogP contribution in [-0.2, 0) is 22.5 Å². The van der Waals surface area contributed by atoms with Gasteiger partial charge in [-0.15, -0.1) is 0 Å². The Labute approximate surface area is 165 Å². The molecule has 2 aliphatic heterocycles. The van der Waals surface area contributed by atoms with Gasteiger partial charge in [-0.1, -0.05) is 18.1 Å². The fourth-order valence-corrected chi connectivity index (χ4v) is 4.08. The van der Waals surface area contributed by atoms with Crippen LogP contribution in [0.25, 0.3) is 0 Å². The highest BCUT2D eigenvalue weighted by atomic mass is 16.5. The van der Waals surface area contributed by atoms with Gasteiger partial charge in [-0.05, 0) is 31.4 Å². The van der Waals surface area contributed by atoms with Gasteiger partial charge in [-0.2, -0.15) is 0 Å². The highest BCUT2D eigenvalue weighted by molar-refractivity contribution is 5.96. The molecule has 1 atom stereocenters. The van der Waals surface area contributed by atoms with Crippen LogP contribution in [0.5, 0.6) is 0 Å². The maximum absolute atomic E-state index is 13.0. The minimum atomic E-state index is -0.288. The molecule has 2 saturated heterocycles. The van der Waals surface area contributed by atoms with E-state index in [0.717, 1.165) is 31.2 Å². The van der Waals surface area contributed by atoms with Crippen LogP contribution < -0.4 is 0 Å². The Morgan fingerprint density at radius 1 is 1.43 bits per heavy atom. The SMILES string of the molecule is CCCc1onc(C)c1C(=O)N1CC2(C[C@H](OCc3cccnc3)CCO2)C1. The van der Waals surface area contributed by atoms with E-state index in [0.29, 0.717) is 43.3 Å². The molecular weight excluding hydrogens is 358 g/mol. The third kappa shape index (κ3) is 3.82. The Morgan fingerprint density at radius 3 is 3.04 bits per heavy atom. The zero-order chi connectivity index (χ0) is 19.6. The topological polar surface area (TPSA) is 77.7 Å². The highest BCUT2D eigenvalue weighted by Gasteiger charge is 2.50. The number of carbonyl (C=O) groups is 1. The molecule has 150 valence electrons. The van der Waals surface area contributed by atoms with Crippen molar-refractivity contribution in [2.75, 3.05) is 19.7 Å². The van der Waals surface area contributed by atoms with Crippen molar-refractivity contribution in [1.29, 1.82) is 0 Å². The third-order valence-corrected chi connectivity index (χ3v) is 5.53. The first-order valence-electron chi connectivity index (χ1n) is 9.99. The number of likely N-dealkylation sites (tertiary alicyclic amines) is 1. The number of ether oxygens (including phenoxy) is 2. The van der Waals surface area contributed by atoms with Gasteiger partial charge in [-0.25, -0.2) is 0 Å². The fourth-order valence-electron chi connectivity index (χ4n) is 4.08. The molecule has 7 heteroatoms. The average Bonchev–Trinajstić information content (AvgIpc) is 3.05. The summed E-state index contributed by atoms with van der Waals surface area (Å²) in [5, 5.41) is 3.99. The summed E-state index contributed by atoms with van der Waals surface area (Å²) in [6.45, 7) is 6.28. The molecule has 28 heavy (non-hydrogen) atoms. The van der Waals surface area contributed by atoms with Gasteiger partial charge >= 0.3 is 0 Å². The number of hydrogen-bond donors (Lipinski definition) is 0. The van der Waals surface area contributed by atoms with Crippen molar-refractivity contribution in [2.24, 2.45) is 0 Å². The Kier molecular flexibility index (Phi) is 5.46. The predicted molar refractivity (Wildman–Crippen MR) is 102 cm³/mol. The minimum absolute atomic E-state index is 0.00479. The molecule has 1 spiro atoms. The van der Waals surface area contributed by atoms with Crippen molar-refractivity contribution in [2.45, 2.75) is 57.8 Å². The van der Waals surface area contributed by atoms with Gasteiger partial charge in [0.05, 0.1) is 31.5 Å². The van der Waals surface area contributed by atoms with Gasteiger partial charge in [0.2, 0.25) is 0 Å². The van der Waals surface area contributed by atoms with Crippen LogP contribution in [-0.4, -0.2) is 52.3 Å². The second-order valence-corrected chi connectivity index (χ2v) is 7.80. The lowest BCUT2D eigenvalue weighted by molar-refractivity contribution is -0.188. The summed E-state index contributed by atoms with van der Waals surface area (Å²) in [7, 11) is 0. The van der Waals surface area contributed by atoms with E-state index < -0.39 is 0 Å². The summed E-state index contributed by atoms with van der Waals surface area (Å²) in [5.41, 5.74) is 2.07. The second-order valence-electron chi connectivity index (χ2n) is 7.80. The Bertz CT molecular complexity index is 814. The first kappa shape index (κ1) is 19.1. The van der Waals surface area contributed by atoms with Gasteiger partial charge in [-0.3, -0.25) is 9.78 Å². The smallest absolute Gasteiger partial charge is 0.259 e. The van der Waals surface area contributed by atoms with Crippen LogP contribution in [0.1, 0.15) is 53.6 Å². The Balaban J connectivity index is 1.34. The molecule has 0 bridgehead atoms. The zero-order valence-electron chi connectivity index (χ0n) is 16.5. The zero-order valence-corrected chi connectivity index (χ0v) is 16.5. The molecule has 2 fully saturated rings. The van der Waals surface area contributed by atoms with Gasteiger partial charge < -0.3 is 18.9 Å². The van der Waals surface area contributed by atoms with Crippen molar-refractivity contribution in [3.8, 4) is 0 Å². The molecule has 2 aromatic heterocycles. The van der Waals surface area contributed by atoms with Crippen molar-refractivity contribution in [3.63, 3.8) is 0 Å². The molecule has 0 N–H and O–H groups in total. The Hall–Kier alpha value is -2.25. The van der Waals surface area contributed by atoms with Crippen molar-refractivity contribution in [1.82, 2.24) is 15.0 Å². The van der Waals surface area contributed by atoms with Crippen LogP contribution >= 0.6 is 0 Å². The lowest BCUT2D eigenvalue weighted by Gasteiger charge is -2.53. The van der Waals surface area contributed by atoms with Crippen molar-refractivity contribution >= 4 is 5.91 Å². The molecule has 4 rings (SSSR count). The molecule has 1 amide bonds. The standard InChI is InChI=1S/C21H27N3O4/c1-3-5-18-19(15(2)23-28-18)20(25)24-13-21(14-24)10-17(7-9-27-21)26-12-16-6-4-8-22-11-16/h4,6,8,11,17H,3,5,7,9-10,12-14H2,1-2H3/t17-/m1/s1. The van der Waals surface area contributed by atoms with Gasteiger partial charge in [0.1, 0.15) is 16.9 Å². The van der Waals surface area contributed by atoms with E-state index >= 15 is 0 Å². The van der Waals surface area contributed by atoms with E-state index in [4.69, 9.17) is 14.0 Å². The number of nitrogens with zero attached hydrogens (tertiary/aromatic N) is 3. The first-order valence-corrected chi connectivity index (χ1v) is 9.99. The summed E-state index contributed by atoms with van der Waals surface area (Å²) in [5.74, 6) is 0.683. The average molecular weight is 385 g/mol. The lowest BCUT2D eigenvalue weighted by atomic mass is 9.84. The number of rotatable bonds is 6. The molecule has 0 aromatic carbocycles. The number of hydrogen-bond acceptors (Lipinski definition) is 6. The van der Waals surface area contributed by atoms with Gasteiger partial charge in [0.15, 0.2) is 0 Å². The maximum Gasteiger partial charge on any atom is 0.259 e. The minimum Gasteiger partial charge on any atom is -0.373 e. The molecule has 0 aliphatic carbocycles. The summed E-state index contributed by atoms with van der Waals surface area (Å²) in [4.78, 5) is 18.9. The molecule has 2 aliphatic rings. The van der Waals surface area contributed by atoms with E-state index in [1.165, 1.54) is 0 Å². The summed E-state index contributed by atoms with van der Waals surface area (Å²) in [6, 6.07) is 3.93. The lowest BCUT2D eigenvalue weighted by Crippen LogP contribution is -2.67. The molecule has 7 nitrogen and oxygen atoms in total. The molecule has 4 heterocycles. The van der Waals surface area contributed by atoms with Gasteiger partial charge in [0.25, 0.3) is 5.91 Å². The van der Waals surface area contributed by atoms with Crippen LogP contribution in [0.3, 0.4) is 0 Å². The predicted octanol–water partition coefficient (Wildman–Crippen LogP) is 2.92. The highest BCUT2D eigenvalue weighted by Crippen LogP contribution is 2.37. The number of amides is 1. The van der Waals surface area contributed by atoms with E-state index in [-0.39, 0.29) is 17.6 Å². The quantitative estimate of drug-likeness (QED) is 0.761. The van der Waals surface area contributed by atoms with Crippen LogP contribution in [0.15, 0.2) is 29.0 Å². The van der Waals surface area contributed by atoms with Gasteiger partial charge in [0, 0.05) is 31.8 Å². The molecule has 2 aromatic rings. The fraction of sp³-hybridized carbons (Fsp3) is 0.571. The monoisotopic (exact) mass is 385 g/mol. The van der Waals surface area contributed by atoms with Crippen molar-refractivity contribution in [3.05, 3.63) is 47.1 Å². The number of pyridine rings is 1. The maximum atomic E-state index is 13.0. The number of aromatic nitrogens is 2. The second kappa shape index (κ2) is 8.01. The van der Waals surface area contributed by atoms with E-state index in [2.05, 4.69) is 17.1 Å². The summed E-state index contributed by atoms with van der Waals surface area (Å²) >= 11 is 0. The first-order chi connectivity index (χ1) is 13.6. The number of aryl methyl sites for hydroxylation is 2. The largest absolute Gasteiger partial charge is 0.373 e. The molecular formula is C21H27N3O4. The van der Waals surface area contributed by atoms with E-state index in [1.54, 1.807) is 6.20 Å². The van der Waals surface area contributed by atoms with E-state index in [1.807, 2.05) is 30.2 Å².